The highest BCUT2D eigenvalue weighted by atomic mass is 15.1. The molecule has 15 heavy (non-hydrogen) atoms. The summed E-state index contributed by atoms with van der Waals surface area (Å²) in [6, 6.07) is 9.51. The molecule has 0 amide bonds. The number of quaternary nitrogens is 1. The largest absolute Gasteiger partial charge is 0.378 e. The van der Waals surface area contributed by atoms with Crippen molar-refractivity contribution in [2.24, 2.45) is 0 Å². The Morgan fingerprint density at radius 3 is 2.27 bits per heavy atom. The fourth-order valence-electron chi connectivity index (χ4n) is 1.43. The van der Waals surface area contributed by atoms with Crippen LogP contribution in [0, 0.1) is 0 Å². The van der Waals surface area contributed by atoms with Gasteiger partial charge in [-0.1, -0.05) is 19.1 Å². The van der Waals surface area contributed by atoms with E-state index in [2.05, 4.69) is 62.4 Å². The molecule has 0 radical (unpaired) electrons. The van der Waals surface area contributed by atoms with Crippen molar-refractivity contribution in [3.8, 4) is 0 Å². The Kier molecular flexibility index (Phi) is 4.63. The Morgan fingerprint density at radius 2 is 1.80 bits per heavy atom. The van der Waals surface area contributed by atoms with Crippen LogP contribution in [-0.2, 0) is 6.54 Å². The molecule has 0 aliphatic carbocycles. The second-order valence-electron chi connectivity index (χ2n) is 4.39. The highest BCUT2D eigenvalue weighted by Crippen LogP contribution is 2.11. The van der Waals surface area contributed by atoms with Crippen LogP contribution in [0.1, 0.15) is 25.8 Å². The van der Waals surface area contributed by atoms with E-state index in [0.717, 1.165) is 12.6 Å². The molecule has 2 nitrogen and oxygen atoms in total. The standard InChI is InChI=1S/C13H22N2/c1-5-11(2)14-10-12-6-8-13(9-7-12)15(3)4/h6-9,11,14H,5,10H2,1-4H3/p+1/t11-/m0/s1. The molecule has 0 aromatic heterocycles. The van der Waals surface area contributed by atoms with E-state index >= 15 is 0 Å². The highest BCUT2D eigenvalue weighted by Gasteiger charge is 2.02. The summed E-state index contributed by atoms with van der Waals surface area (Å²) in [6.07, 6.45) is 1.23. The number of benzene rings is 1. The Morgan fingerprint density at radius 1 is 1.20 bits per heavy atom. The molecule has 0 fully saturated rings. The molecule has 0 bridgehead atoms. The molecule has 2 heteroatoms. The maximum Gasteiger partial charge on any atom is 0.101 e. The van der Waals surface area contributed by atoms with Crippen LogP contribution in [0.4, 0.5) is 5.69 Å². The van der Waals surface area contributed by atoms with Crippen LogP contribution in [0.2, 0.25) is 0 Å². The third-order valence-electron chi connectivity index (χ3n) is 2.85. The zero-order chi connectivity index (χ0) is 11.3. The second-order valence-corrected chi connectivity index (χ2v) is 4.39. The molecule has 0 spiro atoms. The van der Waals surface area contributed by atoms with Gasteiger partial charge in [0.25, 0.3) is 0 Å². The summed E-state index contributed by atoms with van der Waals surface area (Å²) in [5.41, 5.74) is 2.67. The number of nitrogens with two attached hydrogens (primary N) is 1. The lowest BCUT2D eigenvalue weighted by Gasteiger charge is -2.13. The first-order valence-corrected chi connectivity index (χ1v) is 5.73. The zero-order valence-electron chi connectivity index (χ0n) is 10.3. The molecule has 84 valence electrons. The van der Waals surface area contributed by atoms with Crippen LogP contribution in [-0.4, -0.2) is 20.1 Å². The zero-order valence-corrected chi connectivity index (χ0v) is 10.3. The van der Waals surface area contributed by atoms with E-state index in [0.29, 0.717) is 0 Å². The molecule has 0 unspecified atom stereocenters. The molecular weight excluding hydrogens is 184 g/mol. The van der Waals surface area contributed by atoms with Crippen LogP contribution in [0.3, 0.4) is 0 Å². The summed E-state index contributed by atoms with van der Waals surface area (Å²) in [5, 5.41) is 2.39. The van der Waals surface area contributed by atoms with Crippen molar-refractivity contribution < 1.29 is 5.32 Å². The summed E-state index contributed by atoms with van der Waals surface area (Å²) >= 11 is 0. The first-order valence-electron chi connectivity index (χ1n) is 5.73. The minimum absolute atomic E-state index is 0.721. The van der Waals surface area contributed by atoms with Crippen molar-refractivity contribution in [2.45, 2.75) is 32.9 Å². The monoisotopic (exact) mass is 207 g/mol. The predicted octanol–water partition coefficient (Wildman–Crippen LogP) is 1.61. The van der Waals surface area contributed by atoms with Crippen molar-refractivity contribution in [1.29, 1.82) is 0 Å². The molecule has 0 aliphatic heterocycles. The third-order valence-corrected chi connectivity index (χ3v) is 2.85. The van der Waals surface area contributed by atoms with Crippen molar-refractivity contribution in [2.75, 3.05) is 19.0 Å². The van der Waals surface area contributed by atoms with E-state index in [-0.39, 0.29) is 0 Å². The van der Waals surface area contributed by atoms with Crippen LogP contribution in [0.15, 0.2) is 24.3 Å². The lowest BCUT2D eigenvalue weighted by Crippen LogP contribution is -2.87. The number of rotatable bonds is 5. The van der Waals surface area contributed by atoms with Gasteiger partial charge in [-0.15, -0.1) is 0 Å². The number of hydrogen-bond donors (Lipinski definition) is 1. The summed E-state index contributed by atoms with van der Waals surface area (Å²) in [5.74, 6) is 0. The number of anilines is 1. The Balaban J connectivity index is 2.50. The van der Waals surface area contributed by atoms with E-state index < -0.39 is 0 Å². The fraction of sp³-hybridized carbons (Fsp3) is 0.538. The predicted molar refractivity (Wildman–Crippen MR) is 66.2 cm³/mol. The molecule has 0 heterocycles. The van der Waals surface area contributed by atoms with Crippen LogP contribution >= 0.6 is 0 Å². The lowest BCUT2D eigenvalue weighted by atomic mass is 10.2. The van der Waals surface area contributed by atoms with Gasteiger partial charge >= 0.3 is 0 Å². The van der Waals surface area contributed by atoms with Crippen molar-refractivity contribution in [1.82, 2.24) is 0 Å². The van der Waals surface area contributed by atoms with Crippen LogP contribution < -0.4 is 10.2 Å². The van der Waals surface area contributed by atoms with Crippen molar-refractivity contribution in [3.05, 3.63) is 29.8 Å². The molecular formula is C13H23N2+. The third kappa shape index (κ3) is 3.92. The first kappa shape index (κ1) is 12.1. The van der Waals surface area contributed by atoms with Gasteiger partial charge in [0, 0.05) is 25.3 Å². The lowest BCUT2D eigenvalue weighted by molar-refractivity contribution is -0.701. The van der Waals surface area contributed by atoms with Gasteiger partial charge in [-0.3, -0.25) is 0 Å². The second kappa shape index (κ2) is 5.76. The van der Waals surface area contributed by atoms with E-state index in [1.165, 1.54) is 17.7 Å². The average Bonchev–Trinajstić information content (AvgIpc) is 2.26. The first-order chi connectivity index (χ1) is 7.13. The van der Waals surface area contributed by atoms with E-state index in [4.69, 9.17) is 0 Å². The molecule has 1 aromatic rings. The quantitative estimate of drug-likeness (QED) is 0.777. The Hall–Kier alpha value is -1.02. The molecule has 0 saturated carbocycles. The smallest absolute Gasteiger partial charge is 0.101 e. The van der Waals surface area contributed by atoms with Gasteiger partial charge in [-0.25, -0.2) is 0 Å². The molecule has 1 rings (SSSR count). The van der Waals surface area contributed by atoms with E-state index in [1.807, 2.05) is 0 Å². The number of nitrogens with zero attached hydrogens (tertiary/aromatic N) is 1. The Labute approximate surface area is 93.3 Å². The van der Waals surface area contributed by atoms with Crippen molar-refractivity contribution >= 4 is 5.69 Å². The SMILES string of the molecule is CC[C@H](C)[NH2+]Cc1ccc(N(C)C)cc1. The van der Waals surface area contributed by atoms with Crippen LogP contribution in [0.25, 0.3) is 0 Å². The molecule has 2 N–H and O–H groups in total. The topological polar surface area (TPSA) is 19.9 Å². The van der Waals surface area contributed by atoms with E-state index in [1.54, 1.807) is 0 Å². The van der Waals surface area contributed by atoms with E-state index in [9.17, 15) is 0 Å². The highest BCUT2D eigenvalue weighted by molar-refractivity contribution is 5.45. The number of hydrogen-bond acceptors (Lipinski definition) is 1. The Bertz CT molecular complexity index is 277. The summed E-state index contributed by atoms with van der Waals surface area (Å²) in [4.78, 5) is 2.13. The molecule has 0 saturated heterocycles. The summed E-state index contributed by atoms with van der Waals surface area (Å²) < 4.78 is 0. The van der Waals surface area contributed by atoms with Gasteiger partial charge < -0.3 is 10.2 Å². The van der Waals surface area contributed by atoms with Crippen LogP contribution in [0.5, 0.6) is 0 Å². The normalized spacial score (nSPS) is 12.5. The average molecular weight is 207 g/mol. The van der Waals surface area contributed by atoms with Crippen molar-refractivity contribution in [3.63, 3.8) is 0 Å². The maximum absolute atomic E-state index is 2.39. The van der Waals surface area contributed by atoms with Gasteiger partial charge in [-0.2, -0.15) is 0 Å². The fourth-order valence-corrected chi connectivity index (χ4v) is 1.43. The summed E-state index contributed by atoms with van der Waals surface area (Å²) in [6.45, 7) is 5.59. The van der Waals surface area contributed by atoms with Gasteiger partial charge in [-0.05, 0) is 25.5 Å². The minimum atomic E-state index is 0.721. The van der Waals surface area contributed by atoms with Gasteiger partial charge in [0.1, 0.15) is 6.54 Å². The van der Waals surface area contributed by atoms with Gasteiger partial charge in [0.2, 0.25) is 0 Å². The molecule has 1 aromatic carbocycles. The minimum Gasteiger partial charge on any atom is -0.378 e. The van der Waals surface area contributed by atoms with Gasteiger partial charge in [0.15, 0.2) is 0 Å². The molecule has 0 aliphatic rings. The van der Waals surface area contributed by atoms with Gasteiger partial charge in [0.05, 0.1) is 6.04 Å². The molecule has 1 atom stereocenters. The summed E-state index contributed by atoms with van der Waals surface area (Å²) in [7, 11) is 4.14. The maximum atomic E-state index is 2.39.